The Morgan fingerprint density at radius 1 is 1.33 bits per heavy atom. The number of rotatable bonds is 8. The third-order valence-electron chi connectivity index (χ3n) is 3.19. The molecule has 0 bridgehead atoms. The molecule has 1 aromatic carbocycles. The van der Waals surface area contributed by atoms with Crippen molar-refractivity contribution in [1.29, 1.82) is 0 Å². The number of carbonyl (C=O) groups is 1. The summed E-state index contributed by atoms with van der Waals surface area (Å²) in [5.41, 5.74) is 2.27. The molecule has 0 aromatic heterocycles. The Balaban J connectivity index is 2.47. The quantitative estimate of drug-likeness (QED) is 0.743. The van der Waals surface area contributed by atoms with Crippen molar-refractivity contribution < 1.29 is 17.9 Å². The van der Waals surface area contributed by atoms with E-state index in [0.29, 0.717) is 6.42 Å². The molecule has 0 aliphatic rings. The van der Waals surface area contributed by atoms with Gasteiger partial charge in [-0.3, -0.25) is 4.79 Å². The predicted octanol–water partition coefficient (Wildman–Crippen LogP) is 1.80. The lowest BCUT2D eigenvalue weighted by atomic mass is 10.0. The van der Waals surface area contributed by atoms with Crippen molar-refractivity contribution in [3.8, 4) is 0 Å². The molecule has 0 aliphatic carbocycles. The van der Waals surface area contributed by atoms with Crippen LogP contribution in [0.5, 0.6) is 0 Å². The molecule has 1 atom stereocenters. The number of carbonyl (C=O) groups excluding carboxylic acids is 1. The molecule has 0 saturated carbocycles. The lowest BCUT2D eigenvalue weighted by molar-refractivity contribution is -0.140. The molecular weight excluding hydrogens is 290 g/mol. The Kier molecular flexibility index (Phi) is 6.84. The van der Waals surface area contributed by atoms with E-state index in [0.717, 1.165) is 11.1 Å². The molecule has 0 radical (unpaired) electrons. The van der Waals surface area contributed by atoms with Crippen LogP contribution >= 0.6 is 0 Å². The molecule has 1 N–H and O–H groups in total. The van der Waals surface area contributed by atoms with Gasteiger partial charge in [0.1, 0.15) is 0 Å². The van der Waals surface area contributed by atoms with Crippen LogP contribution in [0, 0.1) is 6.92 Å². The summed E-state index contributed by atoms with van der Waals surface area (Å²) in [6.45, 7) is 3.84. The van der Waals surface area contributed by atoms with E-state index in [4.69, 9.17) is 0 Å². The monoisotopic (exact) mass is 313 g/mol. The van der Waals surface area contributed by atoms with Crippen molar-refractivity contribution in [2.45, 2.75) is 39.2 Å². The normalized spacial score (nSPS) is 12.9. The van der Waals surface area contributed by atoms with Gasteiger partial charge in [0.2, 0.25) is 10.0 Å². The largest absolute Gasteiger partial charge is 0.469 e. The van der Waals surface area contributed by atoms with Gasteiger partial charge in [-0.2, -0.15) is 0 Å². The Morgan fingerprint density at radius 2 is 2.00 bits per heavy atom. The summed E-state index contributed by atoms with van der Waals surface area (Å²) in [4.78, 5) is 11.0. The topological polar surface area (TPSA) is 72.5 Å². The minimum atomic E-state index is -3.38. The minimum Gasteiger partial charge on any atom is -0.469 e. The summed E-state index contributed by atoms with van der Waals surface area (Å²) in [6, 6.07) is 7.72. The molecule has 1 unspecified atom stereocenters. The highest BCUT2D eigenvalue weighted by molar-refractivity contribution is 7.89. The summed E-state index contributed by atoms with van der Waals surface area (Å²) in [5.74, 6) is -0.460. The second-order valence-corrected chi connectivity index (χ2v) is 7.02. The predicted molar refractivity (Wildman–Crippen MR) is 82.5 cm³/mol. The van der Waals surface area contributed by atoms with E-state index in [9.17, 15) is 13.2 Å². The Labute approximate surface area is 126 Å². The number of hydrogen-bond donors (Lipinski definition) is 1. The van der Waals surface area contributed by atoms with Gasteiger partial charge < -0.3 is 4.74 Å². The summed E-state index contributed by atoms with van der Waals surface area (Å²) in [7, 11) is -2.08. The van der Waals surface area contributed by atoms with E-state index in [1.54, 1.807) is 0 Å². The van der Waals surface area contributed by atoms with Crippen molar-refractivity contribution in [1.82, 2.24) is 4.72 Å². The number of hydrogen-bond acceptors (Lipinski definition) is 4. The molecule has 21 heavy (non-hydrogen) atoms. The van der Waals surface area contributed by atoms with Crippen LogP contribution in [-0.4, -0.2) is 33.3 Å². The SMILES string of the molecule is COC(=O)CCCS(=O)(=O)NC(C)Cc1ccccc1C. The number of sulfonamides is 1. The first-order valence-electron chi connectivity index (χ1n) is 6.95. The zero-order valence-corrected chi connectivity index (χ0v) is 13.6. The first-order valence-corrected chi connectivity index (χ1v) is 8.60. The second kappa shape index (κ2) is 8.14. The smallest absolute Gasteiger partial charge is 0.305 e. The van der Waals surface area contributed by atoms with E-state index in [1.165, 1.54) is 7.11 Å². The van der Waals surface area contributed by atoms with Gasteiger partial charge in [0.25, 0.3) is 0 Å². The lowest BCUT2D eigenvalue weighted by Gasteiger charge is -2.15. The first-order chi connectivity index (χ1) is 9.84. The maximum absolute atomic E-state index is 11.9. The van der Waals surface area contributed by atoms with Crippen LogP contribution < -0.4 is 4.72 Å². The maximum Gasteiger partial charge on any atom is 0.305 e. The zero-order valence-electron chi connectivity index (χ0n) is 12.8. The van der Waals surface area contributed by atoms with Gasteiger partial charge in [-0.1, -0.05) is 24.3 Å². The third-order valence-corrected chi connectivity index (χ3v) is 4.78. The van der Waals surface area contributed by atoms with Crippen LogP contribution in [0.3, 0.4) is 0 Å². The first kappa shape index (κ1) is 17.7. The highest BCUT2D eigenvalue weighted by Crippen LogP contribution is 2.10. The molecule has 0 spiro atoms. The third kappa shape index (κ3) is 6.73. The molecular formula is C15H23NO4S. The van der Waals surface area contributed by atoms with Crippen molar-refractivity contribution in [3.05, 3.63) is 35.4 Å². The summed E-state index contributed by atoms with van der Waals surface area (Å²) >= 11 is 0. The van der Waals surface area contributed by atoms with Crippen molar-refractivity contribution in [3.63, 3.8) is 0 Å². The summed E-state index contributed by atoms with van der Waals surface area (Å²) < 4.78 is 31.0. The fourth-order valence-electron chi connectivity index (χ4n) is 2.08. The van der Waals surface area contributed by atoms with Gasteiger partial charge in [-0.05, 0) is 37.8 Å². The van der Waals surface area contributed by atoms with Crippen molar-refractivity contribution in [2.75, 3.05) is 12.9 Å². The fourth-order valence-corrected chi connectivity index (χ4v) is 3.42. The van der Waals surface area contributed by atoms with Crippen LogP contribution in [-0.2, 0) is 26.0 Å². The zero-order chi connectivity index (χ0) is 15.9. The lowest BCUT2D eigenvalue weighted by Crippen LogP contribution is -2.36. The second-order valence-electron chi connectivity index (χ2n) is 5.15. The van der Waals surface area contributed by atoms with E-state index < -0.39 is 16.0 Å². The number of methoxy groups -OCH3 is 1. The number of aryl methyl sites for hydroxylation is 1. The Bertz CT molecular complexity index is 569. The van der Waals surface area contributed by atoms with Crippen LogP contribution in [0.25, 0.3) is 0 Å². The number of nitrogens with one attached hydrogen (secondary N) is 1. The van der Waals surface area contributed by atoms with Crippen LogP contribution in [0.4, 0.5) is 0 Å². The van der Waals surface area contributed by atoms with Gasteiger partial charge in [-0.15, -0.1) is 0 Å². The van der Waals surface area contributed by atoms with Gasteiger partial charge >= 0.3 is 5.97 Å². The molecule has 0 heterocycles. The van der Waals surface area contributed by atoms with Crippen LogP contribution in [0.2, 0.25) is 0 Å². The Morgan fingerprint density at radius 3 is 2.62 bits per heavy atom. The molecule has 5 nitrogen and oxygen atoms in total. The van der Waals surface area contributed by atoms with E-state index in [2.05, 4.69) is 9.46 Å². The molecule has 0 amide bonds. The molecule has 0 aliphatic heterocycles. The van der Waals surface area contributed by atoms with Gasteiger partial charge in [-0.25, -0.2) is 13.1 Å². The van der Waals surface area contributed by atoms with E-state index in [1.807, 2.05) is 38.1 Å². The van der Waals surface area contributed by atoms with Gasteiger partial charge in [0, 0.05) is 12.5 Å². The molecule has 118 valence electrons. The average molecular weight is 313 g/mol. The van der Waals surface area contributed by atoms with Crippen LogP contribution in [0.15, 0.2) is 24.3 Å². The molecule has 1 aromatic rings. The molecule has 1 rings (SSSR count). The maximum atomic E-state index is 11.9. The van der Waals surface area contributed by atoms with Crippen molar-refractivity contribution >= 4 is 16.0 Å². The van der Waals surface area contributed by atoms with Crippen molar-refractivity contribution in [2.24, 2.45) is 0 Å². The minimum absolute atomic E-state index is 0.0692. The number of esters is 1. The number of benzene rings is 1. The molecule has 0 fully saturated rings. The Hall–Kier alpha value is -1.40. The van der Waals surface area contributed by atoms with Gasteiger partial charge in [0.15, 0.2) is 0 Å². The standard InChI is InChI=1S/C15H23NO4S/c1-12-7-4-5-8-14(12)11-13(2)16-21(18,19)10-6-9-15(17)20-3/h4-5,7-8,13,16H,6,9-11H2,1-3H3. The van der Waals surface area contributed by atoms with Gasteiger partial charge in [0.05, 0.1) is 12.9 Å². The van der Waals surface area contributed by atoms with Crippen LogP contribution in [0.1, 0.15) is 30.9 Å². The number of ether oxygens (including phenoxy) is 1. The fraction of sp³-hybridized carbons (Fsp3) is 0.533. The summed E-state index contributed by atoms with van der Waals surface area (Å²) in [6.07, 6.45) is 1.02. The average Bonchev–Trinajstić information content (AvgIpc) is 2.40. The summed E-state index contributed by atoms with van der Waals surface area (Å²) in [5, 5.41) is 0. The highest BCUT2D eigenvalue weighted by Gasteiger charge is 2.16. The van der Waals surface area contributed by atoms with E-state index >= 15 is 0 Å². The molecule has 0 saturated heterocycles. The highest BCUT2D eigenvalue weighted by atomic mass is 32.2. The molecule has 6 heteroatoms. The van der Waals surface area contributed by atoms with E-state index in [-0.39, 0.29) is 24.6 Å².